The van der Waals surface area contributed by atoms with Gasteiger partial charge in [-0.1, -0.05) is 44.8 Å². The quantitative estimate of drug-likeness (QED) is 0.458. The fourth-order valence-corrected chi connectivity index (χ4v) is 3.46. The first-order chi connectivity index (χ1) is 8.98. The first-order valence-electron chi connectivity index (χ1n) is 5.67. The van der Waals surface area contributed by atoms with Crippen LogP contribution in [-0.4, -0.2) is 27.0 Å². The maximum absolute atomic E-state index is 12.1. The van der Waals surface area contributed by atoms with Crippen LogP contribution in [0.2, 0.25) is 0 Å². The molecule has 0 bridgehead atoms. The normalized spacial score (nSPS) is 11.1. The van der Waals surface area contributed by atoms with Gasteiger partial charge in [0.15, 0.2) is 0 Å². The number of hydrogen-bond acceptors (Lipinski definition) is 3. The SMILES string of the molecule is CCC(CBr)(CBr)NC(=O)c1cccc([N+](=O)[O-])c1. The molecular formula is C12H14Br2N2O3. The first-order valence-corrected chi connectivity index (χ1v) is 7.91. The van der Waals surface area contributed by atoms with Gasteiger partial charge in [-0.25, -0.2) is 0 Å². The molecule has 1 rings (SSSR count). The minimum absolute atomic E-state index is 0.0903. The third-order valence-electron chi connectivity index (χ3n) is 2.89. The van der Waals surface area contributed by atoms with Crippen LogP contribution in [0.4, 0.5) is 5.69 Å². The predicted molar refractivity (Wildman–Crippen MR) is 81.2 cm³/mol. The Labute approximate surface area is 128 Å². The monoisotopic (exact) mass is 392 g/mol. The van der Waals surface area contributed by atoms with Crippen molar-refractivity contribution < 1.29 is 9.72 Å². The Morgan fingerprint density at radius 2 is 2.05 bits per heavy atom. The summed E-state index contributed by atoms with van der Waals surface area (Å²) in [6, 6.07) is 5.70. The summed E-state index contributed by atoms with van der Waals surface area (Å²) in [5.74, 6) is -0.315. The Morgan fingerprint density at radius 3 is 2.53 bits per heavy atom. The van der Waals surface area contributed by atoms with Crippen LogP contribution >= 0.6 is 31.9 Å². The van der Waals surface area contributed by atoms with Gasteiger partial charge in [-0.15, -0.1) is 0 Å². The number of nitrogens with zero attached hydrogens (tertiary/aromatic N) is 1. The molecule has 0 atom stereocenters. The minimum atomic E-state index is -0.515. The molecule has 0 aliphatic carbocycles. The molecule has 0 aliphatic heterocycles. The van der Waals surface area contributed by atoms with E-state index >= 15 is 0 Å². The van der Waals surface area contributed by atoms with Crippen LogP contribution in [-0.2, 0) is 0 Å². The number of amides is 1. The van der Waals surface area contributed by atoms with E-state index in [0.29, 0.717) is 10.7 Å². The Kier molecular flexibility index (Phi) is 5.93. The molecule has 104 valence electrons. The maximum Gasteiger partial charge on any atom is 0.270 e. The summed E-state index contributed by atoms with van der Waals surface area (Å²) in [4.78, 5) is 22.3. The van der Waals surface area contributed by atoms with Crippen molar-refractivity contribution in [3.05, 3.63) is 39.9 Å². The topological polar surface area (TPSA) is 72.2 Å². The van der Waals surface area contributed by atoms with E-state index < -0.39 is 10.5 Å². The molecule has 5 nitrogen and oxygen atoms in total. The Hall–Kier alpha value is -0.950. The van der Waals surface area contributed by atoms with Gasteiger partial charge in [-0.2, -0.15) is 0 Å². The highest BCUT2D eigenvalue weighted by Gasteiger charge is 2.28. The number of carbonyl (C=O) groups is 1. The van der Waals surface area contributed by atoms with Gasteiger partial charge in [-0.05, 0) is 12.5 Å². The predicted octanol–water partition coefficient (Wildman–Crippen LogP) is 3.26. The second-order valence-corrected chi connectivity index (χ2v) is 5.28. The van der Waals surface area contributed by atoms with Crippen molar-refractivity contribution in [2.75, 3.05) is 10.7 Å². The zero-order valence-electron chi connectivity index (χ0n) is 10.4. The Morgan fingerprint density at radius 1 is 1.42 bits per heavy atom. The molecule has 0 saturated heterocycles. The molecule has 19 heavy (non-hydrogen) atoms. The van der Waals surface area contributed by atoms with Crippen molar-refractivity contribution in [1.82, 2.24) is 5.32 Å². The Balaban J connectivity index is 2.94. The molecule has 0 heterocycles. The number of benzene rings is 1. The van der Waals surface area contributed by atoms with E-state index in [0.717, 1.165) is 6.42 Å². The van der Waals surface area contributed by atoms with E-state index in [4.69, 9.17) is 0 Å². The van der Waals surface area contributed by atoms with Gasteiger partial charge in [0.05, 0.1) is 10.5 Å². The molecule has 0 aromatic heterocycles. The standard InChI is InChI=1S/C12H14Br2N2O3/c1-2-12(7-13,8-14)15-11(17)9-4-3-5-10(6-9)16(18)19/h3-6H,2,7-8H2,1H3,(H,15,17). The van der Waals surface area contributed by atoms with E-state index in [2.05, 4.69) is 37.2 Å². The molecule has 0 fully saturated rings. The van der Waals surface area contributed by atoms with Gasteiger partial charge in [0.1, 0.15) is 0 Å². The average Bonchev–Trinajstić information content (AvgIpc) is 2.45. The molecule has 1 N–H and O–H groups in total. The lowest BCUT2D eigenvalue weighted by Crippen LogP contribution is -2.51. The van der Waals surface area contributed by atoms with Crippen molar-refractivity contribution in [1.29, 1.82) is 0 Å². The summed E-state index contributed by atoms with van der Waals surface area (Å²) in [6.45, 7) is 1.97. The van der Waals surface area contributed by atoms with E-state index in [1.54, 1.807) is 6.07 Å². The zero-order valence-corrected chi connectivity index (χ0v) is 13.5. The number of nitro groups is 1. The number of nitro benzene ring substituents is 1. The van der Waals surface area contributed by atoms with Gasteiger partial charge < -0.3 is 5.32 Å². The van der Waals surface area contributed by atoms with Crippen molar-refractivity contribution >= 4 is 43.5 Å². The summed E-state index contributed by atoms with van der Waals surface area (Å²) in [5.41, 5.74) is -0.205. The van der Waals surface area contributed by atoms with Gasteiger partial charge >= 0.3 is 0 Å². The average molecular weight is 394 g/mol. The fraction of sp³-hybridized carbons (Fsp3) is 0.417. The summed E-state index contributed by atoms with van der Waals surface area (Å²) >= 11 is 6.76. The van der Waals surface area contributed by atoms with Crippen molar-refractivity contribution in [2.24, 2.45) is 0 Å². The highest BCUT2D eigenvalue weighted by Crippen LogP contribution is 2.19. The van der Waals surface area contributed by atoms with Crippen LogP contribution in [0.5, 0.6) is 0 Å². The Bertz CT molecular complexity index is 468. The minimum Gasteiger partial charge on any atom is -0.345 e. The fourth-order valence-electron chi connectivity index (χ4n) is 1.45. The number of rotatable bonds is 6. The number of nitrogens with one attached hydrogen (secondary N) is 1. The van der Waals surface area contributed by atoms with E-state index in [-0.39, 0.29) is 17.2 Å². The van der Waals surface area contributed by atoms with Gasteiger partial charge in [0, 0.05) is 28.4 Å². The number of halogens is 2. The van der Waals surface area contributed by atoms with Crippen molar-refractivity contribution in [2.45, 2.75) is 18.9 Å². The zero-order chi connectivity index (χ0) is 14.5. The summed E-state index contributed by atoms with van der Waals surface area (Å²) in [7, 11) is 0. The number of alkyl halides is 2. The number of non-ortho nitro benzene ring substituents is 1. The molecule has 1 aromatic rings. The lowest BCUT2D eigenvalue weighted by molar-refractivity contribution is -0.384. The molecule has 0 aliphatic rings. The molecule has 1 amide bonds. The molecule has 0 spiro atoms. The second kappa shape index (κ2) is 7.00. The van der Waals surface area contributed by atoms with Gasteiger partial charge in [-0.3, -0.25) is 14.9 Å². The number of hydrogen-bond donors (Lipinski definition) is 1. The van der Waals surface area contributed by atoms with Gasteiger partial charge in [0.2, 0.25) is 0 Å². The molecule has 1 aromatic carbocycles. The molecule has 0 unspecified atom stereocenters. The molecular weight excluding hydrogens is 380 g/mol. The van der Waals surface area contributed by atoms with Crippen LogP contribution in [0.25, 0.3) is 0 Å². The van der Waals surface area contributed by atoms with E-state index in [1.165, 1.54) is 18.2 Å². The van der Waals surface area contributed by atoms with E-state index in [1.807, 2.05) is 6.92 Å². The van der Waals surface area contributed by atoms with Crippen LogP contribution in [0, 0.1) is 10.1 Å². The van der Waals surface area contributed by atoms with E-state index in [9.17, 15) is 14.9 Å². The highest BCUT2D eigenvalue weighted by molar-refractivity contribution is 9.09. The summed E-state index contributed by atoms with van der Waals surface area (Å²) < 4.78 is 0. The third kappa shape index (κ3) is 4.01. The molecule has 0 saturated carbocycles. The highest BCUT2D eigenvalue weighted by atomic mass is 79.9. The van der Waals surface area contributed by atoms with Crippen molar-refractivity contribution in [3.63, 3.8) is 0 Å². The van der Waals surface area contributed by atoms with Crippen LogP contribution in [0.1, 0.15) is 23.7 Å². The van der Waals surface area contributed by atoms with Crippen LogP contribution in [0.15, 0.2) is 24.3 Å². The summed E-state index contributed by atoms with van der Waals surface area (Å²) in [5, 5.41) is 14.8. The van der Waals surface area contributed by atoms with Crippen LogP contribution in [0.3, 0.4) is 0 Å². The first kappa shape index (κ1) is 16.1. The lowest BCUT2D eigenvalue weighted by Gasteiger charge is -2.30. The number of carbonyl (C=O) groups excluding carboxylic acids is 1. The maximum atomic E-state index is 12.1. The van der Waals surface area contributed by atoms with Gasteiger partial charge in [0.25, 0.3) is 11.6 Å². The lowest BCUT2D eigenvalue weighted by atomic mass is 10.0. The van der Waals surface area contributed by atoms with Crippen molar-refractivity contribution in [3.8, 4) is 0 Å². The molecule has 7 heteroatoms. The molecule has 0 radical (unpaired) electrons. The van der Waals surface area contributed by atoms with Crippen LogP contribution < -0.4 is 5.32 Å². The summed E-state index contributed by atoms with van der Waals surface area (Å²) in [6.07, 6.45) is 0.740. The third-order valence-corrected chi connectivity index (χ3v) is 5.03. The second-order valence-electron chi connectivity index (χ2n) is 4.16. The largest absolute Gasteiger partial charge is 0.345 e. The smallest absolute Gasteiger partial charge is 0.270 e.